The maximum Gasteiger partial charge on any atom is 0.0474 e. The van der Waals surface area contributed by atoms with E-state index in [0.717, 1.165) is 32.5 Å². The standard InChI is InChI=1S/C16H28N2O/c1-13-10-14(2)12-15(11-13)16(17)6-8-18(3)7-5-9-19-4/h10-12,16H,5-9,17H2,1-4H3. The summed E-state index contributed by atoms with van der Waals surface area (Å²) in [6, 6.07) is 6.71. The maximum atomic E-state index is 6.28. The molecule has 0 fully saturated rings. The largest absolute Gasteiger partial charge is 0.385 e. The number of aryl methyl sites for hydroxylation is 2. The summed E-state index contributed by atoms with van der Waals surface area (Å²) in [6.45, 7) is 7.17. The summed E-state index contributed by atoms with van der Waals surface area (Å²) in [5, 5.41) is 0. The fraction of sp³-hybridized carbons (Fsp3) is 0.625. The first-order chi connectivity index (χ1) is 9.02. The van der Waals surface area contributed by atoms with Gasteiger partial charge >= 0.3 is 0 Å². The van der Waals surface area contributed by atoms with Gasteiger partial charge in [-0.25, -0.2) is 0 Å². The molecule has 0 saturated heterocycles. The third kappa shape index (κ3) is 6.19. The molecule has 0 heterocycles. The van der Waals surface area contributed by atoms with Gasteiger partial charge in [-0.2, -0.15) is 0 Å². The molecule has 0 spiro atoms. The molecule has 0 aliphatic carbocycles. The lowest BCUT2D eigenvalue weighted by Crippen LogP contribution is -2.25. The fourth-order valence-corrected chi connectivity index (χ4v) is 2.34. The Kier molecular flexibility index (Phi) is 7.06. The number of nitrogens with two attached hydrogens (primary N) is 1. The van der Waals surface area contributed by atoms with E-state index in [-0.39, 0.29) is 6.04 Å². The Bertz CT molecular complexity index is 359. The van der Waals surface area contributed by atoms with Gasteiger partial charge in [-0.3, -0.25) is 0 Å². The maximum absolute atomic E-state index is 6.28. The Morgan fingerprint density at radius 2 is 1.79 bits per heavy atom. The smallest absolute Gasteiger partial charge is 0.0474 e. The molecule has 108 valence electrons. The van der Waals surface area contributed by atoms with Crippen LogP contribution in [0.15, 0.2) is 18.2 Å². The molecule has 1 aromatic carbocycles. The summed E-state index contributed by atoms with van der Waals surface area (Å²) in [7, 11) is 3.89. The lowest BCUT2D eigenvalue weighted by molar-refractivity contribution is 0.178. The topological polar surface area (TPSA) is 38.5 Å². The summed E-state index contributed by atoms with van der Waals surface area (Å²) in [5.41, 5.74) is 10.1. The van der Waals surface area contributed by atoms with E-state index in [1.54, 1.807) is 7.11 Å². The number of ether oxygens (including phenoxy) is 1. The molecule has 0 bridgehead atoms. The van der Waals surface area contributed by atoms with Gasteiger partial charge in [0.05, 0.1) is 0 Å². The minimum absolute atomic E-state index is 0.128. The normalized spacial score (nSPS) is 12.9. The zero-order valence-corrected chi connectivity index (χ0v) is 12.8. The van der Waals surface area contributed by atoms with Crippen LogP contribution in [0.25, 0.3) is 0 Å². The van der Waals surface area contributed by atoms with Crippen molar-refractivity contribution in [2.75, 3.05) is 33.9 Å². The summed E-state index contributed by atoms with van der Waals surface area (Å²) in [4.78, 5) is 2.32. The molecule has 2 N–H and O–H groups in total. The number of benzene rings is 1. The highest BCUT2D eigenvalue weighted by Crippen LogP contribution is 2.18. The van der Waals surface area contributed by atoms with E-state index in [0.29, 0.717) is 0 Å². The second-order valence-electron chi connectivity index (χ2n) is 5.47. The molecule has 3 nitrogen and oxygen atoms in total. The number of nitrogens with zero attached hydrogens (tertiary/aromatic N) is 1. The summed E-state index contributed by atoms with van der Waals surface area (Å²) in [5.74, 6) is 0. The Labute approximate surface area is 117 Å². The number of methoxy groups -OCH3 is 1. The molecule has 0 aliphatic rings. The van der Waals surface area contributed by atoms with E-state index in [4.69, 9.17) is 10.5 Å². The molecule has 19 heavy (non-hydrogen) atoms. The van der Waals surface area contributed by atoms with Crippen LogP contribution in [0.3, 0.4) is 0 Å². The molecule has 0 radical (unpaired) electrons. The van der Waals surface area contributed by atoms with Crippen molar-refractivity contribution in [3.8, 4) is 0 Å². The molecule has 1 aromatic rings. The van der Waals surface area contributed by atoms with Crippen molar-refractivity contribution in [1.82, 2.24) is 4.90 Å². The second kappa shape index (κ2) is 8.31. The van der Waals surface area contributed by atoms with Gasteiger partial charge in [-0.05, 0) is 45.8 Å². The first-order valence-electron chi connectivity index (χ1n) is 7.04. The molecule has 1 atom stereocenters. The number of hydrogen-bond acceptors (Lipinski definition) is 3. The van der Waals surface area contributed by atoms with Gasteiger partial charge in [0, 0.05) is 26.3 Å². The first kappa shape index (κ1) is 16.2. The zero-order chi connectivity index (χ0) is 14.3. The summed E-state index contributed by atoms with van der Waals surface area (Å²) >= 11 is 0. The molecule has 0 aromatic heterocycles. The van der Waals surface area contributed by atoms with Crippen LogP contribution < -0.4 is 5.73 Å². The van der Waals surface area contributed by atoms with Gasteiger partial charge in [0.1, 0.15) is 0 Å². The quantitative estimate of drug-likeness (QED) is 0.734. The Morgan fingerprint density at radius 3 is 2.37 bits per heavy atom. The summed E-state index contributed by atoms with van der Waals surface area (Å²) in [6.07, 6.45) is 2.07. The van der Waals surface area contributed by atoms with Gasteiger partial charge in [-0.1, -0.05) is 29.3 Å². The molecule has 0 saturated carbocycles. The predicted octanol–water partition coefficient (Wildman–Crippen LogP) is 2.66. The van der Waals surface area contributed by atoms with Gasteiger partial charge in [0.25, 0.3) is 0 Å². The zero-order valence-electron chi connectivity index (χ0n) is 12.8. The van der Waals surface area contributed by atoms with Crippen LogP contribution in [-0.4, -0.2) is 38.8 Å². The van der Waals surface area contributed by atoms with Crippen LogP contribution in [0.4, 0.5) is 0 Å². The van der Waals surface area contributed by atoms with Crippen LogP contribution in [0, 0.1) is 13.8 Å². The van der Waals surface area contributed by atoms with Crippen molar-refractivity contribution in [3.63, 3.8) is 0 Å². The number of rotatable bonds is 8. The van der Waals surface area contributed by atoms with Crippen LogP contribution in [0.5, 0.6) is 0 Å². The van der Waals surface area contributed by atoms with Gasteiger partial charge < -0.3 is 15.4 Å². The van der Waals surface area contributed by atoms with E-state index < -0.39 is 0 Å². The highest BCUT2D eigenvalue weighted by atomic mass is 16.5. The highest BCUT2D eigenvalue weighted by Gasteiger charge is 2.08. The Balaban J connectivity index is 2.39. The first-order valence-corrected chi connectivity index (χ1v) is 7.04. The van der Waals surface area contributed by atoms with E-state index in [2.05, 4.69) is 44.0 Å². The fourth-order valence-electron chi connectivity index (χ4n) is 2.34. The molecule has 0 aliphatic heterocycles. The van der Waals surface area contributed by atoms with Crippen molar-refractivity contribution >= 4 is 0 Å². The van der Waals surface area contributed by atoms with Crippen molar-refractivity contribution < 1.29 is 4.74 Å². The molecule has 1 unspecified atom stereocenters. The van der Waals surface area contributed by atoms with E-state index >= 15 is 0 Å². The van der Waals surface area contributed by atoms with Gasteiger partial charge in [0.15, 0.2) is 0 Å². The van der Waals surface area contributed by atoms with Crippen molar-refractivity contribution in [2.45, 2.75) is 32.7 Å². The Hall–Kier alpha value is -0.900. The van der Waals surface area contributed by atoms with Crippen LogP contribution in [-0.2, 0) is 4.74 Å². The average Bonchev–Trinajstić information content (AvgIpc) is 2.35. The lowest BCUT2D eigenvalue weighted by atomic mass is 10.00. The van der Waals surface area contributed by atoms with Gasteiger partial charge in [0.2, 0.25) is 0 Å². The molecule has 3 heteroatoms. The minimum Gasteiger partial charge on any atom is -0.385 e. The average molecular weight is 264 g/mol. The van der Waals surface area contributed by atoms with E-state index in [9.17, 15) is 0 Å². The van der Waals surface area contributed by atoms with Crippen LogP contribution in [0.1, 0.15) is 35.6 Å². The number of hydrogen-bond donors (Lipinski definition) is 1. The molecule has 0 amide bonds. The predicted molar refractivity (Wildman–Crippen MR) is 81.5 cm³/mol. The molecular weight excluding hydrogens is 236 g/mol. The SMILES string of the molecule is COCCCN(C)CCC(N)c1cc(C)cc(C)c1. The van der Waals surface area contributed by atoms with Crippen molar-refractivity contribution in [3.05, 3.63) is 34.9 Å². The van der Waals surface area contributed by atoms with Crippen molar-refractivity contribution in [1.29, 1.82) is 0 Å². The second-order valence-corrected chi connectivity index (χ2v) is 5.47. The van der Waals surface area contributed by atoms with Gasteiger partial charge in [-0.15, -0.1) is 0 Å². The third-order valence-electron chi connectivity index (χ3n) is 3.38. The monoisotopic (exact) mass is 264 g/mol. The lowest BCUT2D eigenvalue weighted by Gasteiger charge is -2.20. The third-order valence-corrected chi connectivity index (χ3v) is 3.38. The van der Waals surface area contributed by atoms with Crippen LogP contribution >= 0.6 is 0 Å². The van der Waals surface area contributed by atoms with E-state index in [1.807, 2.05) is 0 Å². The highest BCUT2D eigenvalue weighted by molar-refractivity contribution is 5.30. The van der Waals surface area contributed by atoms with E-state index in [1.165, 1.54) is 16.7 Å². The molecule has 1 rings (SSSR count). The van der Waals surface area contributed by atoms with Crippen LogP contribution in [0.2, 0.25) is 0 Å². The summed E-state index contributed by atoms with van der Waals surface area (Å²) < 4.78 is 5.06. The molecular formula is C16H28N2O. The Morgan fingerprint density at radius 1 is 1.16 bits per heavy atom. The minimum atomic E-state index is 0.128. The van der Waals surface area contributed by atoms with Crippen molar-refractivity contribution in [2.24, 2.45) is 5.73 Å².